The topological polar surface area (TPSA) is 108 Å². The van der Waals surface area contributed by atoms with Gasteiger partial charge in [0.05, 0.1) is 12.0 Å². The van der Waals surface area contributed by atoms with Crippen molar-refractivity contribution in [2.45, 2.75) is 19.3 Å². The molecule has 0 unspecified atom stereocenters. The molecule has 8 nitrogen and oxygen atoms in total. The van der Waals surface area contributed by atoms with Gasteiger partial charge in [-0.05, 0) is 48.6 Å². The van der Waals surface area contributed by atoms with Crippen LogP contribution in [0.4, 0.5) is 11.4 Å². The van der Waals surface area contributed by atoms with Crippen molar-refractivity contribution in [1.82, 2.24) is 0 Å². The lowest BCUT2D eigenvalue weighted by Crippen LogP contribution is -2.21. The van der Waals surface area contributed by atoms with Crippen molar-refractivity contribution in [1.29, 1.82) is 0 Å². The molecule has 1 aliphatic rings. The number of hydrogen-bond acceptors (Lipinski definition) is 6. The standard InChI is InChI=1S/C19H18N2O6/c1-26-17-8-7-15(21(24)25)10-16(17)19(23)27-11-18(22)20-14-6-5-12-3-2-4-13(12)9-14/h5-10H,2-4,11H2,1H3,(H,20,22). The number of carbonyl (C=O) groups excluding carboxylic acids is 2. The molecule has 1 N–H and O–H groups in total. The van der Waals surface area contributed by atoms with E-state index in [0.29, 0.717) is 5.69 Å². The van der Waals surface area contributed by atoms with E-state index in [0.717, 1.165) is 25.3 Å². The summed E-state index contributed by atoms with van der Waals surface area (Å²) in [6.07, 6.45) is 3.14. The van der Waals surface area contributed by atoms with Crippen LogP contribution >= 0.6 is 0 Å². The van der Waals surface area contributed by atoms with Crippen LogP contribution in [0, 0.1) is 10.1 Å². The summed E-state index contributed by atoms with van der Waals surface area (Å²) in [5.41, 5.74) is 2.76. The zero-order chi connectivity index (χ0) is 19.4. The lowest BCUT2D eigenvalue weighted by molar-refractivity contribution is -0.384. The summed E-state index contributed by atoms with van der Waals surface area (Å²) < 4.78 is 10.0. The quantitative estimate of drug-likeness (QED) is 0.476. The molecule has 0 aromatic heterocycles. The Bertz CT molecular complexity index is 909. The Morgan fingerprint density at radius 1 is 1.15 bits per heavy atom. The van der Waals surface area contributed by atoms with Crippen LogP contribution in [0.5, 0.6) is 5.75 Å². The van der Waals surface area contributed by atoms with Crippen LogP contribution < -0.4 is 10.1 Å². The Balaban J connectivity index is 1.62. The highest BCUT2D eigenvalue weighted by atomic mass is 16.6. The molecule has 0 heterocycles. The number of non-ortho nitro benzene ring substituents is 1. The number of nitrogens with zero attached hydrogens (tertiary/aromatic N) is 1. The van der Waals surface area contributed by atoms with Crippen LogP contribution in [0.25, 0.3) is 0 Å². The first kappa shape index (κ1) is 18.4. The van der Waals surface area contributed by atoms with Gasteiger partial charge >= 0.3 is 5.97 Å². The van der Waals surface area contributed by atoms with Gasteiger partial charge in [0.2, 0.25) is 0 Å². The molecule has 27 heavy (non-hydrogen) atoms. The molecule has 1 aliphatic carbocycles. The number of ether oxygens (including phenoxy) is 2. The number of benzene rings is 2. The average molecular weight is 370 g/mol. The third kappa shape index (κ3) is 4.22. The molecule has 0 aliphatic heterocycles. The van der Waals surface area contributed by atoms with Crippen molar-refractivity contribution in [2.75, 3.05) is 19.0 Å². The highest BCUT2D eigenvalue weighted by Gasteiger charge is 2.20. The van der Waals surface area contributed by atoms with Gasteiger partial charge < -0.3 is 14.8 Å². The molecule has 0 radical (unpaired) electrons. The molecule has 140 valence electrons. The molecular formula is C19H18N2O6. The van der Waals surface area contributed by atoms with Crippen molar-refractivity contribution in [2.24, 2.45) is 0 Å². The summed E-state index contributed by atoms with van der Waals surface area (Å²) >= 11 is 0. The smallest absolute Gasteiger partial charge is 0.342 e. The van der Waals surface area contributed by atoms with Crippen LogP contribution in [0.2, 0.25) is 0 Å². The predicted octanol–water partition coefficient (Wildman–Crippen LogP) is 2.89. The molecule has 3 rings (SSSR count). The Kier molecular flexibility index (Phi) is 5.35. The van der Waals surface area contributed by atoms with E-state index in [-0.39, 0.29) is 17.0 Å². The maximum absolute atomic E-state index is 12.2. The fraction of sp³-hybridized carbons (Fsp3) is 0.263. The molecular weight excluding hydrogens is 352 g/mol. The van der Waals surface area contributed by atoms with Gasteiger partial charge in [-0.2, -0.15) is 0 Å². The van der Waals surface area contributed by atoms with Crippen molar-refractivity contribution in [3.05, 3.63) is 63.2 Å². The molecule has 0 fully saturated rings. The molecule has 0 atom stereocenters. The first-order valence-corrected chi connectivity index (χ1v) is 8.39. The molecule has 0 saturated heterocycles. The third-order valence-electron chi connectivity index (χ3n) is 4.33. The highest BCUT2D eigenvalue weighted by molar-refractivity contribution is 5.97. The first-order chi connectivity index (χ1) is 13.0. The van der Waals surface area contributed by atoms with E-state index < -0.39 is 23.4 Å². The van der Waals surface area contributed by atoms with E-state index in [2.05, 4.69) is 5.32 Å². The number of carbonyl (C=O) groups is 2. The fourth-order valence-electron chi connectivity index (χ4n) is 3.02. The SMILES string of the molecule is COc1ccc([N+](=O)[O-])cc1C(=O)OCC(=O)Nc1ccc2c(c1)CCC2. The molecule has 0 bridgehead atoms. The van der Waals surface area contributed by atoms with Gasteiger partial charge in [-0.15, -0.1) is 0 Å². The van der Waals surface area contributed by atoms with E-state index in [9.17, 15) is 19.7 Å². The monoisotopic (exact) mass is 370 g/mol. The second kappa shape index (κ2) is 7.86. The molecule has 2 aromatic rings. The van der Waals surface area contributed by atoms with E-state index in [4.69, 9.17) is 9.47 Å². The lowest BCUT2D eigenvalue weighted by atomic mass is 10.1. The van der Waals surface area contributed by atoms with Gasteiger partial charge in [0, 0.05) is 17.8 Å². The number of nitrogens with one attached hydrogen (secondary N) is 1. The average Bonchev–Trinajstić information content (AvgIpc) is 3.13. The number of aryl methyl sites for hydroxylation is 2. The molecule has 8 heteroatoms. The second-order valence-electron chi connectivity index (χ2n) is 6.10. The van der Waals surface area contributed by atoms with Gasteiger partial charge in [0.1, 0.15) is 11.3 Å². The molecule has 1 amide bonds. The summed E-state index contributed by atoms with van der Waals surface area (Å²) in [7, 11) is 1.33. The fourth-order valence-corrected chi connectivity index (χ4v) is 3.02. The van der Waals surface area contributed by atoms with Crippen LogP contribution in [-0.2, 0) is 22.4 Å². The number of esters is 1. The van der Waals surface area contributed by atoms with Crippen molar-refractivity contribution < 1.29 is 24.0 Å². The first-order valence-electron chi connectivity index (χ1n) is 8.39. The number of anilines is 1. The number of fused-ring (bicyclic) bond motifs is 1. The van der Waals surface area contributed by atoms with Crippen LogP contribution in [0.15, 0.2) is 36.4 Å². The van der Waals surface area contributed by atoms with Crippen LogP contribution in [-0.4, -0.2) is 30.5 Å². The molecule has 0 saturated carbocycles. The summed E-state index contributed by atoms with van der Waals surface area (Å²) in [5, 5.41) is 13.6. The minimum absolute atomic E-state index is 0.114. The van der Waals surface area contributed by atoms with Crippen molar-refractivity contribution in [3.63, 3.8) is 0 Å². The summed E-state index contributed by atoms with van der Waals surface area (Å²) in [5.74, 6) is -1.24. The minimum Gasteiger partial charge on any atom is -0.496 e. The van der Waals surface area contributed by atoms with Gasteiger partial charge in [-0.3, -0.25) is 14.9 Å². The number of amides is 1. The van der Waals surface area contributed by atoms with Gasteiger partial charge in [-0.1, -0.05) is 6.07 Å². The van der Waals surface area contributed by atoms with Gasteiger partial charge in [-0.25, -0.2) is 4.79 Å². The highest BCUT2D eigenvalue weighted by Crippen LogP contribution is 2.26. The number of nitro groups is 1. The van der Waals surface area contributed by atoms with E-state index >= 15 is 0 Å². The molecule has 2 aromatic carbocycles. The van der Waals surface area contributed by atoms with E-state index in [1.807, 2.05) is 18.2 Å². The van der Waals surface area contributed by atoms with Crippen LogP contribution in [0.1, 0.15) is 27.9 Å². The van der Waals surface area contributed by atoms with Crippen molar-refractivity contribution in [3.8, 4) is 5.75 Å². The maximum atomic E-state index is 12.2. The van der Waals surface area contributed by atoms with E-state index in [1.165, 1.54) is 30.4 Å². The zero-order valence-electron chi connectivity index (χ0n) is 14.7. The second-order valence-corrected chi connectivity index (χ2v) is 6.10. The van der Waals surface area contributed by atoms with Crippen LogP contribution in [0.3, 0.4) is 0 Å². The zero-order valence-corrected chi connectivity index (χ0v) is 14.7. The summed E-state index contributed by atoms with van der Waals surface area (Å²) in [6.45, 7) is -0.512. The summed E-state index contributed by atoms with van der Waals surface area (Å²) in [6, 6.07) is 9.30. The Morgan fingerprint density at radius 2 is 1.93 bits per heavy atom. The third-order valence-corrected chi connectivity index (χ3v) is 4.33. The Labute approximate surface area is 155 Å². The number of methoxy groups -OCH3 is 1. The number of nitro benzene ring substituents is 1. The maximum Gasteiger partial charge on any atom is 0.342 e. The Hall–Kier alpha value is -3.42. The Morgan fingerprint density at radius 3 is 2.67 bits per heavy atom. The van der Waals surface area contributed by atoms with E-state index in [1.54, 1.807) is 0 Å². The predicted molar refractivity (Wildman–Crippen MR) is 97.0 cm³/mol. The minimum atomic E-state index is -0.875. The summed E-state index contributed by atoms with van der Waals surface area (Å²) in [4.78, 5) is 34.5. The van der Waals surface area contributed by atoms with Gasteiger partial charge in [0.15, 0.2) is 6.61 Å². The largest absolute Gasteiger partial charge is 0.496 e. The van der Waals surface area contributed by atoms with Crippen molar-refractivity contribution >= 4 is 23.3 Å². The number of rotatable bonds is 6. The normalized spacial score (nSPS) is 12.2. The lowest BCUT2D eigenvalue weighted by Gasteiger charge is -2.10. The number of hydrogen-bond donors (Lipinski definition) is 1. The molecule has 0 spiro atoms. The van der Waals surface area contributed by atoms with Gasteiger partial charge in [0.25, 0.3) is 11.6 Å².